The van der Waals surface area contributed by atoms with Crippen LogP contribution in [0.3, 0.4) is 0 Å². The number of rotatable bonds is 3. The van der Waals surface area contributed by atoms with Crippen molar-refractivity contribution in [1.82, 2.24) is 15.5 Å². The molecular formula is C16H24ClN3O. The maximum Gasteiger partial charge on any atom is 0.315 e. The van der Waals surface area contributed by atoms with Gasteiger partial charge in [-0.2, -0.15) is 0 Å². The summed E-state index contributed by atoms with van der Waals surface area (Å²) in [5.74, 6) is 0. The molecule has 1 aliphatic heterocycles. The van der Waals surface area contributed by atoms with E-state index in [1.165, 1.54) is 0 Å². The molecule has 0 bridgehead atoms. The Morgan fingerprint density at radius 1 is 1.33 bits per heavy atom. The van der Waals surface area contributed by atoms with E-state index in [0.29, 0.717) is 11.6 Å². The van der Waals surface area contributed by atoms with Gasteiger partial charge >= 0.3 is 6.03 Å². The van der Waals surface area contributed by atoms with Crippen molar-refractivity contribution in [2.24, 2.45) is 0 Å². The minimum absolute atomic E-state index is 0.111. The van der Waals surface area contributed by atoms with E-state index in [-0.39, 0.29) is 12.1 Å². The molecule has 1 fully saturated rings. The SMILES string of the molecule is Cc1cc(C)c(CNC(=O)NC2CCN(C)CC2)c(Cl)c1. The lowest BCUT2D eigenvalue weighted by Gasteiger charge is -2.29. The summed E-state index contributed by atoms with van der Waals surface area (Å²) in [6.07, 6.45) is 2.02. The quantitative estimate of drug-likeness (QED) is 0.902. The molecule has 2 N–H and O–H groups in total. The van der Waals surface area contributed by atoms with Crippen LogP contribution in [0.2, 0.25) is 5.02 Å². The summed E-state index contributed by atoms with van der Waals surface area (Å²) in [5.41, 5.74) is 3.23. The third-order valence-electron chi connectivity index (χ3n) is 4.04. The first-order valence-electron chi connectivity index (χ1n) is 7.44. The average molecular weight is 310 g/mol. The first-order chi connectivity index (χ1) is 9.95. The van der Waals surface area contributed by atoms with Gasteiger partial charge in [0, 0.05) is 17.6 Å². The zero-order valence-electron chi connectivity index (χ0n) is 13.0. The number of nitrogens with zero attached hydrogens (tertiary/aromatic N) is 1. The lowest BCUT2D eigenvalue weighted by atomic mass is 10.1. The van der Waals surface area contributed by atoms with Gasteiger partial charge in [-0.3, -0.25) is 0 Å². The van der Waals surface area contributed by atoms with Crippen LogP contribution in [0.15, 0.2) is 12.1 Å². The number of aryl methyl sites for hydroxylation is 2. The molecule has 21 heavy (non-hydrogen) atoms. The minimum atomic E-state index is -0.111. The minimum Gasteiger partial charge on any atom is -0.335 e. The van der Waals surface area contributed by atoms with Crippen LogP contribution in [0.5, 0.6) is 0 Å². The molecule has 0 spiro atoms. The molecule has 1 aromatic carbocycles. The van der Waals surface area contributed by atoms with Gasteiger partial charge in [0.1, 0.15) is 0 Å². The summed E-state index contributed by atoms with van der Waals surface area (Å²) in [6.45, 7) is 6.57. The lowest BCUT2D eigenvalue weighted by molar-refractivity contribution is 0.213. The summed E-state index contributed by atoms with van der Waals surface area (Å²) in [6, 6.07) is 4.18. The predicted octanol–water partition coefficient (Wildman–Crippen LogP) is 2.85. The van der Waals surface area contributed by atoms with Crippen LogP contribution in [0.1, 0.15) is 29.5 Å². The number of likely N-dealkylation sites (tertiary alicyclic amines) is 1. The highest BCUT2D eigenvalue weighted by Gasteiger charge is 2.18. The Balaban J connectivity index is 1.84. The summed E-state index contributed by atoms with van der Waals surface area (Å²) in [5, 5.41) is 6.67. The van der Waals surface area contributed by atoms with Crippen LogP contribution >= 0.6 is 11.6 Å². The van der Waals surface area contributed by atoms with Crippen LogP contribution in [0.25, 0.3) is 0 Å². The first-order valence-corrected chi connectivity index (χ1v) is 7.82. The molecule has 2 rings (SSSR count). The highest BCUT2D eigenvalue weighted by molar-refractivity contribution is 6.31. The molecule has 5 heteroatoms. The molecule has 1 aromatic rings. The number of carbonyl (C=O) groups is 1. The number of halogens is 1. The number of amides is 2. The molecule has 1 aliphatic rings. The van der Waals surface area contributed by atoms with E-state index >= 15 is 0 Å². The molecule has 0 radical (unpaired) electrons. The van der Waals surface area contributed by atoms with Crippen molar-refractivity contribution in [3.63, 3.8) is 0 Å². The van der Waals surface area contributed by atoms with Gasteiger partial charge in [-0.15, -0.1) is 0 Å². The van der Waals surface area contributed by atoms with Crippen molar-refractivity contribution in [2.75, 3.05) is 20.1 Å². The predicted molar refractivity (Wildman–Crippen MR) is 86.8 cm³/mol. The number of nitrogens with one attached hydrogen (secondary N) is 2. The van der Waals surface area contributed by atoms with E-state index in [1.807, 2.05) is 19.9 Å². The van der Waals surface area contributed by atoms with E-state index in [4.69, 9.17) is 11.6 Å². The van der Waals surface area contributed by atoms with Crippen LogP contribution in [0.4, 0.5) is 4.79 Å². The number of piperidine rings is 1. The third-order valence-corrected chi connectivity index (χ3v) is 4.38. The molecule has 0 aliphatic carbocycles. The molecule has 0 aromatic heterocycles. The average Bonchev–Trinajstić information content (AvgIpc) is 2.40. The van der Waals surface area contributed by atoms with Crippen molar-refractivity contribution in [2.45, 2.75) is 39.3 Å². The Morgan fingerprint density at radius 2 is 2.00 bits per heavy atom. The zero-order valence-corrected chi connectivity index (χ0v) is 13.8. The fourth-order valence-electron chi connectivity index (χ4n) is 2.73. The van der Waals surface area contributed by atoms with Gasteiger partial charge in [0.15, 0.2) is 0 Å². The van der Waals surface area contributed by atoms with Gasteiger partial charge in [-0.05, 0) is 69.6 Å². The van der Waals surface area contributed by atoms with E-state index in [9.17, 15) is 4.79 Å². The highest BCUT2D eigenvalue weighted by Crippen LogP contribution is 2.21. The summed E-state index contributed by atoms with van der Waals surface area (Å²) in [4.78, 5) is 14.3. The summed E-state index contributed by atoms with van der Waals surface area (Å²) < 4.78 is 0. The topological polar surface area (TPSA) is 44.4 Å². The van der Waals surface area contributed by atoms with Crippen molar-refractivity contribution in [3.05, 3.63) is 33.8 Å². The second kappa shape index (κ2) is 7.14. The van der Waals surface area contributed by atoms with E-state index in [2.05, 4.69) is 28.6 Å². The molecule has 1 heterocycles. The smallest absolute Gasteiger partial charge is 0.315 e. The van der Waals surface area contributed by atoms with Gasteiger partial charge in [0.2, 0.25) is 0 Å². The van der Waals surface area contributed by atoms with Crippen molar-refractivity contribution in [1.29, 1.82) is 0 Å². The number of urea groups is 1. The Hall–Kier alpha value is -1.26. The molecule has 2 amide bonds. The second-order valence-corrected chi connectivity index (χ2v) is 6.35. The third kappa shape index (κ3) is 4.61. The van der Waals surface area contributed by atoms with E-state index in [0.717, 1.165) is 42.6 Å². The van der Waals surface area contributed by atoms with Crippen LogP contribution in [-0.4, -0.2) is 37.1 Å². The van der Waals surface area contributed by atoms with Crippen molar-refractivity contribution < 1.29 is 4.79 Å². The number of benzene rings is 1. The maximum atomic E-state index is 12.0. The Kier molecular flexibility index (Phi) is 5.48. The van der Waals surface area contributed by atoms with Gasteiger partial charge in [0.25, 0.3) is 0 Å². The molecule has 1 saturated heterocycles. The standard InChI is InChI=1S/C16H24ClN3O/c1-11-8-12(2)14(15(17)9-11)10-18-16(21)19-13-4-6-20(3)7-5-13/h8-9,13H,4-7,10H2,1-3H3,(H2,18,19,21). The zero-order chi connectivity index (χ0) is 15.4. The second-order valence-electron chi connectivity index (χ2n) is 5.95. The number of hydrogen-bond donors (Lipinski definition) is 2. The fourth-order valence-corrected chi connectivity index (χ4v) is 3.12. The monoisotopic (exact) mass is 309 g/mol. The molecule has 0 saturated carbocycles. The number of hydrogen-bond acceptors (Lipinski definition) is 2. The summed E-state index contributed by atoms with van der Waals surface area (Å²) in [7, 11) is 2.11. The van der Waals surface area contributed by atoms with Crippen LogP contribution in [-0.2, 0) is 6.54 Å². The van der Waals surface area contributed by atoms with Crippen LogP contribution < -0.4 is 10.6 Å². The molecule has 116 valence electrons. The maximum absolute atomic E-state index is 12.0. The Labute approximate surface area is 131 Å². The molecule has 0 unspecified atom stereocenters. The normalized spacial score (nSPS) is 16.8. The lowest BCUT2D eigenvalue weighted by Crippen LogP contribution is -2.46. The van der Waals surface area contributed by atoms with Crippen LogP contribution in [0, 0.1) is 13.8 Å². The summed E-state index contributed by atoms with van der Waals surface area (Å²) >= 11 is 6.25. The molecular weight excluding hydrogens is 286 g/mol. The first kappa shape index (κ1) is 16.1. The van der Waals surface area contributed by atoms with Gasteiger partial charge in [-0.1, -0.05) is 17.7 Å². The van der Waals surface area contributed by atoms with E-state index < -0.39 is 0 Å². The number of carbonyl (C=O) groups excluding carboxylic acids is 1. The largest absolute Gasteiger partial charge is 0.335 e. The van der Waals surface area contributed by atoms with Crippen molar-refractivity contribution in [3.8, 4) is 0 Å². The van der Waals surface area contributed by atoms with Gasteiger partial charge < -0.3 is 15.5 Å². The fraction of sp³-hybridized carbons (Fsp3) is 0.562. The Morgan fingerprint density at radius 3 is 2.62 bits per heavy atom. The Bertz CT molecular complexity index is 487. The van der Waals surface area contributed by atoms with Crippen molar-refractivity contribution >= 4 is 17.6 Å². The van der Waals surface area contributed by atoms with Gasteiger partial charge in [0.05, 0.1) is 0 Å². The van der Waals surface area contributed by atoms with E-state index in [1.54, 1.807) is 0 Å². The van der Waals surface area contributed by atoms with Gasteiger partial charge in [-0.25, -0.2) is 4.79 Å². The highest BCUT2D eigenvalue weighted by atomic mass is 35.5. The molecule has 4 nitrogen and oxygen atoms in total. The molecule has 0 atom stereocenters.